The van der Waals surface area contributed by atoms with Crippen LogP contribution in [0, 0.1) is 31.5 Å². The summed E-state index contributed by atoms with van der Waals surface area (Å²) in [5.74, 6) is -0.676. The van der Waals surface area contributed by atoms with E-state index in [9.17, 15) is 14.0 Å². The van der Waals surface area contributed by atoms with Crippen LogP contribution in [0.4, 0.5) is 15.8 Å². The van der Waals surface area contributed by atoms with Gasteiger partial charge in [0.25, 0.3) is 0 Å². The Labute approximate surface area is 159 Å². The van der Waals surface area contributed by atoms with Gasteiger partial charge in [-0.3, -0.25) is 9.59 Å². The van der Waals surface area contributed by atoms with Crippen molar-refractivity contribution in [3.8, 4) is 0 Å². The smallest absolute Gasteiger partial charge is 0.227 e. The minimum Gasteiger partial charge on any atom is -0.326 e. The van der Waals surface area contributed by atoms with E-state index in [1.165, 1.54) is 12.1 Å². The lowest BCUT2D eigenvalue weighted by Crippen LogP contribution is -2.32. The number of amides is 2. The number of rotatable bonds is 4. The summed E-state index contributed by atoms with van der Waals surface area (Å²) >= 11 is 0. The van der Waals surface area contributed by atoms with Crippen LogP contribution < -0.4 is 10.6 Å². The van der Waals surface area contributed by atoms with E-state index in [4.69, 9.17) is 0 Å². The molecule has 27 heavy (non-hydrogen) atoms. The fourth-order valence-corrected chi connectivity index (χ4v) is 3.67. The minimum absolute atomic E-state index is 0.0244. The van der Waals surface area contributed by atoms with Gasteiger partial charge in [-0.05, 0) is 68.9 Å². The summed E-state index contributed by atoms with van der Waals surface area (Å²) in [6.07, 6.45) is 2.67. The Kier molecular flexibility index (Phi) is 5.89. The zero-order chi connectivity index (χ0) is 19.4. The maximum atomic E-state index is 13.2. The molecule has 0 atom stereocenters. The molecule has 0 aliphatic heterocycles. The Hall–Kier alpha value is -2.69. The number of aryl methyl sites for hydroxylation is 2. The SMILES string of the molecule is Cc1cccc(C)c1NC(=O)C1CCC(C(=O)Nc2cccc(F)c2)CC1. The van der Waals surface area contributed by atoms with E-state index in [1.807, 2.05) is 32.0 Å². The van der Waals surface area contributed by atoms with Crippen LogP contribution in [0.2, 0.25) is 0 Å². The lowest BCUT2D eigenvalue weighted by molar-refractivity contribution is -0.125. The van der Waals surface area contributed by atoms with Gasteiger partial charge in [-0.1, -0.05) is 24.3 Å². The first-order valence-electron chi connectivity index (χ1n) is 9.37. The lowest BCUT2D eigenvalue weighted by atomic mass is 9.81. The summed E-state index contributed by atoms with van der Waals surface area (Å²) in [6.45, 7) is 3.96. The van der Waals surface area contributed by atoms with Crippen LogP contribution in [0.3, 0.4) is 0 Å². The maximum Gasteiger partial charge on any atom is 0.227 e. The van der Waals surface area contributed by atoms with Crippen LogP contribution in [0.25, 0.3) is 0 Å². The number of carbonyl (C=O) groups excluding carboxylic acids is 2. The lowest BCUT2D eigenvalue weighted by Gasteiger charge is -2.27. The van der Waals surface area contributed by atoms with E-state index in [2.05, 4.69) is 10.6 Å². The average Bonchev–Trinajstić information content (AvgIpc) is 2.65. The van der Waals surface area contributed by atoms with Crippen LogP contribution in [-0.2, 0) is 9.59 Å². The Morgan fingerprint density at radius 1 is 0.852 bits per heavy atom. The molecule has 0 spiro atoms. The predicted molar refractivity (Wildman–Crippen MR) is 105 cm³/mol. The molecular formula is C22H25FN2O2. The fourth-order valence-electron chi connectivity index (χ4n) is 3.67. The molecule has 0 unspecified atom stereocenters. The molecule has 0 heterocycles. The van der Waals surface area contributed by atoms with Crippen molar-refractivity contribution >= 4 is 23.2 Å². The first kappa shape index (κ1) is 19.1. The van der Waals surface area contributed by atoms with Gasteiger partial charge in [-0.15, -0.1) is 0 Å². The number of hydrogen-bond donors (Lipinski definition) is 2. The standard InChI is InChI=1S/C22H25FN2O2/c1-14-5-3-6-15(2)20(14)25-22(27)17-11-9-16(10-12-17)21(26)24-19-8-4-7-18(23)13-19/h3-8,13,16-17H,9-12H2,1-2H3,(H,24,26)(H,25,27). The van der Waals surface area contributed by atoms with Crippen LogP contribution in [0.15, 0.2) is 42.5 Å². The van der Waals surface area contributed by atoms with Crippen molar-refractivity contribution in [1.29, 1.82) is 0 Å². The second kappa shape index (κ2) is 8.33. The molecule has 2 aromatic rings. The van der Waals surface area contributed by atoms with Gasteiger partial charge >= 0.3 is 0 Å². The predicted octanol–water partition coefficient (Wildman–Crippen LogP) is 4.83. The summed E-state index contributed by atoms with van der Waals surface area (Å²) in [4.78, 5) is 25.0. The highest BCUT2D eigenvalue weighted by molar-refractivity contribution is 5.95. The third kappa shape index (κ3) is 4.73. The van der Waals surface area contributed by atoms with Crippen LogP contribution >= 0.6 is 0 Å². The van der Waals surface area contributed by atoms with E-state index in [-0.39, 0.29) is 29.5 Å². The Morgan fingerprint density at radius 2 is 1.37 bits per heavy atom. The summed E-state index contributed by atoms with van der Waals surface area (Å²) in [7, 11) is 0. The van der Waals surface area contributed by atoms with Gasteiger partial charge in [0.1, 0.15) is 5.82 Å². The highest BCUT2D eigenvalue weighted by Gasteiger charge is 2.30. The zero-order valence-electron chi connectivity index (χ0n) is 15.7. The number of halogens is 1. The third-order valence-electron chi connectivity index (χ3n) is 5.29. The van der Waals surface area contributed by atoms with Crippen LogP contribution in [0.1, 0.15) is 36.8 Å². The third-order valence-corrected chi connectivity index (χ3v) is 5.29. The van der Waals surface area contributed by atoms with E-state index in [1.54, 1.807) is 12.1 Å². The van der Waals surface area contributed by atoms with E-state index in [0.29, 0.717) is 31.4 Å². The fraction of sp³-hybridized carbons (Fsp3) is 0.364. The minimum atomic E-state index is -0.375. The maximum absolute atomic E-state index is 13.2. The Morgan fingerprint density at radius 3 is 1.93 bits per heavy atom. The molecule has 0 radical (unpaired) electrons. The molecule has 1 aliphatic rings. The molecule has 2 amide bonds. The topological polar surface area (TPSA) is 58.2 Å². The van der Waals surface area contributed by atoms with Gasteiger partial charge in [0.05, 0.1) is 0 Å². The van der Waals surface area contributed by atoms with Gasteiger partial charge in [0.15, 0.2) is 0 Å². The zero-order valence-corrected chi connectivity index (χ0v) is 15.7. The summed E-state index contributed by atoms with van der Waals surface area (Å²) < 4.78 is 13.2. The molecule has 4 nitrogen and oxygen atoms in total. The summed E-state index contributed by atoms with van der Waals surface area (Å²) in [5, 5.41) is 5.83. The van der Waals surface area contributed by atoms with E-state index < -0.39 is 0 Å². The molecule has 5 heteroatoms. The molecular weight excluding hydrogens is 343 g/mol. The monoisotopic (exact) mass is 368 g/mol. The Balaban J connectivity index is 1.53. The van der Waals surface area contributed by atoms with Crippen molar-refractivity contribution in [3.05, 3.63) is 59.4 Å². The molecule has 1 aliphatic carbocycles. The van der Waals surface area contributed by atoms with Gasteiger partial charge in [-0.25, -0.2) is 4.39 Å². The summed E-state index contributed by atoms with van der Waals surface area (Å²) in [5.41, 5.74) is 3.45. The molecule has 0 aromatic heterocycles. The van der Waals surface area contributed by atoms with E-state index in [0.717, 1.165) is 16.8 Å². The van der Waals surface area contributed by atoms with Crippen molar-refractivity contribution < 1.29 is 14.0 Å². The number of nitrogens with one attached hydrogen (secondary N) is 2. The molecule has 2 N–H and O–H groups in total. The molecule has 2 aromatic carbocycles. The molecule has 3 rings (SSSR count). The Bertz CT molecular complexity index is 822. The second-order valence-corrected chi connectivity index (χ2v) is 7.30. The van der Waals surface area contributed by atoms with Crippen molar-refractivity contribution in [1.82, 2.24) is 0 Å². The number of para-hydroxylation sites is 1. The molecule has 0 saturated heterocycles. The van der Waals surface area contributed by atoms with Gasteiger partial charge < -0.3 is 10.6 Å². The van der Waals surface area contributed by atoms with Crippen molar-refractivity contribution in [3.63, 3.8) is 0 Å². The normalized spacial score (nSPS) is 19.4. The van der Waals surface area contributed by atoms with Crippen molar-refractivity contribution in [2.24, 2.45) is 11.8 Å². The highest BCUT2D eigenvalue weighted by Crippen LogP contribution is 2.31. The first-order chi connectivity index (χ1) is 12.9. The van der Waals surface area contributed by atoms with Crippen LogP contribution in [0.5, 0.6) is 0 Å². The van der Waals surface area contributed by atoms with Gasteiger partial charge in [0, 0.05) is 23.2 Å². The largest absolute Gasteiger partial charge is 0.326 e. The van der Waals surface area contributed by atoms with Gasteiger partial charge in [-0.2, -0.15) is 0 Å². The molecule has 1 saturated carbocycles. The number of anilines is 2. The van der Waals surface area contributed by atoms with Crippen molar-refractivity contribution in [2.45, 2.75) is 39.5 Å². The quantitative estimate of drug-likeness (QED) is 0.812. The van der Waals surface area contributed by atoms with E-state index >= 15 is 0 Å². The van der Waals surface area contributed by atoms with Crippen LogP contribution in [-0.4, -0.2) is 11.8 Å². The summed E-state index contributed by atoms with van der Waals surface area (Å²) in [6, 6.07) is 11.8. The second-order valence-electron chi connectivity index (χ2n) is 7.30. The van der Waals surface area contributed by atoms with Gasteiger partial charge in [0.2, 0.25) is 11.8 Å². The number of benzene rings is 2. The molecule has 0 bridgehead atoms. The number of carbonyl (C=O) groups is 2. The first-order valence-corrected chi connectivity index (χ1v) is 9.37. The molecule has 142 valence electrons. The highest BCUT2D eigenvalue weighted by atomic mass is 19.1. The number of hydrogen-bond acceptors (Lipinski definition) is 2. The molecule has 1 fully saturated rings. The average molecular weight is 368 g/mol. The van der Waals surface area contributed by atoms with Crippen molar-refractivity contribution in [2.75, 3.05) is 10.6 Å².